The molecule has 0 aliphatic heterocycles. The highest BCUT2D eigenvalue weighted by Crippen LogP contribution is 2.19. The van der Waals surface area contributed by atoms with Gasteiger partial charge in [0.2, 0.25) is 0 Å². The summed E-state index contributed by atoms with van der Waals surface area (Å²) in [5.74, 6) is -1.32. The zero-order chi connectivity index (χ0) is 13.0. The van der Waals surface area contributed by atoms with E-state index in [-0.39, 0.29) is 6.04 Å². The average molecular weight is 232 g/mol. The summed E-state index contributed by atoms with van der Waals surface area (Å²) in [6.45, 7) is 5.39. The topological polar surface area (TPSA) is 73.1 Å². The average Bonchev–Trinajstić information content (AvgIpc) is 2.30. The molecule has 90 valence electrons. The number of aliphatic carboxylic acids is 1. The number of benzene rings is 1. The van der Waals surface area contributed by atoms with Crippen LogP contribution in [-0.2, 0) is 4.79 Å². The summed E-state index contributed by atoms with van der Waals surface area (Å²) in [5.41, 5.74) is 2.37. The summed E-state index contributed by atoms with van der Waals surface area (Å²) in [6, 6.07) is 7.19. The lowest BCUT2D eigenvalue weighted by atomic mass is 10.0. The molecule has 4 heteroatoms. The van der Waals surface area contributed by atoms with Crippen LogP contribution in [-0.4, -0.2) is 17.1 Å². The van der Waals surface area contributed by atoms with Gasteiger partial charge in [-0.15, -0.1) is 0 Å². The summed E-state index contributed by atoms with van der Waals surface area (Å²) < 4.78 is 0. The van der Waals surface area contributed by atoms with Crippen LogP contribution in [0.5, 0.6) is 0 Å². The molecule has 0 saturated heterocycles. The monoisotopic (exact) mass is 232 g/mol. The predicted octanol–water partition coefficient (Wildman–Crippen LogP) is 2.39. The van der Waals surface area contributed by atoms with E-state index in [9.17, 15) is 4.79 Å². The number of nitrogens with zero attached hydrogens (tertiary/aromatic N) is 1. The molecule has 0 saturated carbocycles. The standard InChI is InChI=1S/C13H16N2O2/c1-8-4-5-11(7-14)6-12(8)15-10(3)9(2)13(16)17/h4-6,9-10,15H,1-3H3,(H,16,17). The van der Waals surface area contributed by atoms with Crippen LogP contribution in [0.25, 0.3) is 0 Å². The van der Waals surface area contributed by atoms with E-state index < -0.39 is 11.9 Å². The van der Waals surface area contributed by atoms with E-state index in [0.717, 1.165) is 11.3 Å². The van der Waals surface area contributed by atoms with E-state index >= 15 is 0 Å². The fourth-order valence-electron chi connectivity index (χ4n) is 1.43. The van der Waals surface area contributed by atoms with Crippen LogP contribution in [0.3, 0.4) is 0 Å². The van der Waals surface area contributed by atoms with Crippen molar-refractivity contribution in [1.29, 1.82) is 5.26 Å². The molecule has 17 heavy (non-hydrogen) atoms. The SMILES string of the molecule is Cc1ccc(C#N)cc1NC(C)C(C)C(=O)O. The van der Waals surface area contributed by atoms with Gasteiger partial charge in [0, 0.05) is 11.7 Å². The van der Waals surface area contributed by atoms with E-state index in [1.807, 2.05) is 19.9 Å². The Morgan fingerprint density at radius 2 is 2.12 bits per heavy atom. The Labute approximate surface area is 101 Å². The molecule has 0 amide bonds. The van der Waals surface area contributed by atoms with Gasteiger partial charge in [0.05, 0.1) is 17.6 Å². The molecule has 0 heterocycles. The summed E-state index contributed by atoms with van der Waals surface area (Å²) >= 11 is 0. The minimum absolute atomic E-state index is 0.194. The van der Waals surface area contributed by atoms with Crippen molar-refractivity contribution in [1.82, 2.24) is 0 Å². The lowest BCUT2D eigenvalue weighted by Gasteiger charge is -2.20. The molecule has 0 aromatic heterocycles. The lowest BCUT2D eigenvalue weighted by Crippen LogP contribution is -2.29. The fourth-order valence-corrected chi connectivity index (χ4v) is 1.43. The van der Waals surface area contributed by atoms with Gasteiger partial charge in [0.15, 0.2) is 0 Å². The molecule has 0 fully saturated rings. The number of hydrogen-bond donors (Lipinski definition) is 2. The predicted molar refractivity (Wildman–Crippen MR) is 65.8 cm³/mol. The van der Waals surface area contributed by atoms with Gasteiger partial charge in [0.1, 0.15) is 0 Å². The third-order valence-corrected chi connectivity index (χ3v) is 2.89. The first-order valence-electron chi connectivity index (χ1n) is 5.45. The molecule has 1 aromatic carbocycles. The summed E-state index contributed by atoms with van der Waals surface area (Å²) in [6.07, 6.45) is 0. The van der Waals surface area contributed by atoms with Crippen LogP contribution in [0.15, 0.2) is 18.2 Å². The number of carboxylic acids is 1. The smallest absolute Gasteiger partial charge is 0.308 e. The molecule has 0 bridgehead atoms. The zero-order valence-corrected chi connectivity index (χ0v) is 10.2. The van der Waals surface area contributed by atoms with Crippen LogP contribution in [0.1, 0.15) is 25.0 Å². The second kappa shape index (κ2) is 5.35. The molecular formula is C13H16N2O2. The Bertz CT molecular complexity index is 463. The molecule has 0 spiro atoms. The Morgan fingerprint density at radius 1 is 1.47 bits per heavy atom. The Kier molecular flexibility index (Phi) is 4.11. The molecular weight excluding hydrogens is 216 g/mol. The Hall–Kier alpha value is -2.02. The lowest BCUT2D eigenvalue weighted by molar-refractivity contribution is -0.141. The zero-order valence-electron chi connectivity index (χ0n) is 10.2. The molecule has 0 radical (unpaired) electrons. The molecule has 2 atom stereocenters. The van der Waals surface area contributed by atoms with Gasteiger partial charge in [-0.25, -0.2) is 0 Å². The van der Waals surface area contributed by atoms with Gasteiger partial charge in [-0.3, -0.25) is 4.79 Å². The number of hydrogen-bond acceptors (Lipinski definition) is 3. The maximum atomic E-state index is 10.8. The molecule has 2 N–H and O–H groups in total. The Morgan fingerprint density at radius 3 is 2.65 bits per heavy atom. The van der Waals surface area contributed by atoms with Crippen LogP contribution >= 0.6 is 0 Å². The first-order chi connectivity index (χ1) is 7.95. The van der Waals surface area contributed by atoms with Crippen LogP contribution in [0, 0.1) is 24.2 Å². The maximum Gasteiger partial charge on any atom is 0.308 e. The normalized spacial score (nSPS) is 13.5. The van der Waals surface area contributed by atoms with E-state index in [1.54, 1.807) is 19.1 Å². The van der Waals surface area contributed by atoms with Crippen molar-refractivity contribution in [2.24, 2.45) is 5.92 Å². The van der Waals surface area contributed by atoms with E-state index in [0.29, 0.717) is 5.56 Å². The van der Waals surface area contributed by atoms with Crippen LogP contribution < -0.4 is 5.32 Å². The van der Waals surface area contributed by atoms with Crippen molar-refractivity contribution >= 4 is 11.7 Å². The number of nitrogens with one attached hydrogen (secondary N) is 1. The second-order valence-electron chi connectivity index (χ2n) is 4.20. The summed E-state index contributed by atoms with van der Waals surface area (Å²) in [5, 5.41) is 20.9. The van der Waals surface area contributed by atoms with Gasteiger partial charge in [-0.1, -0.05) is 6.07 Å². The number of anilines is 1. The largest absolute Gasteiger partial charge is 0.481 e. The fraction of sp³-hybridized carbons (Fsp3) is 0.385. The van der Waals surface area contributed by atoms with E-state index in [1.165, 1.54) is 0 Å². The minimum atomic E-state index is -0.834. The molecule has 0 aliphatic rings. The van der Waals surface area contributed by atoms with E-state index in [4.69, 9.17) is 10.4 Å². The van der Waals surface area contributed by atoms with Gasteiger partial charge in [-0.2, -0.15) is 5.26 Å². The molecule has 2 unspecified atom stereocenters. The molecule has 0 aliphatic carbocycles. The van der Waals surface area contributed by atoms with Crippen LogP contribution in [0.4, 0.5) is 5.69 Å². The molecule has 1 aromatic rings. The molecule has 1 rings (SSSR count). The van der Waals surface area contributed by atoms with Crippen molar-refractivity contribution in [3.63, 3.8) is 0 Å². The Balaban J connectivity index is 2.88. The first-order valence-corrected chi connectivity index (χ1v) is 5.45. The third kappa shape index (κ3) is 3.22. The number of nitriles is 1. The first kappa shape index (κ1) is 13.0. The third-order valence-electron chi connectivity index (χ3n) is 2.89. The van der Waals surface area contributed by atoms with Crippen molar-refractivity contribution in [3.05, 3.63) is 29.3 Å². The highest BCUT2D eigenvalue weighted by atomic mass is 16.4. The minimum Gasteiger partial charge on any atom is -0.481 e. The van der Waals surface area contributed by atoms with Gasteiger partial charge in [-0.05, 0) is 38.5 Å². The highest BCUT2D eigenvalue weighted by Gasteiger charge is 2.19. The van der Waals surface area contributed by atoms with Crippen molar-refractivity contribution < 1.29 is 9.90 Å². The number of aryl methyl sites for hydroxylation is 1. The van der Waals surface area contributed by atoms with E-state index in [2.05, 4.69) is 11.4 Å². The highest BCUT2D eigenvalue weighted by molar-refractivity contribution is 5.71. The second-order valence-corrected chi connectivity index (χ2v) is 4.20. The van der Waals surface area contributed by atoms with Crippen molar-refractivity contribution in [2.45, 2.75) is 26.8 Å². The summed E-state index contributed by atoms with van der Waals surface area (Å²) in [7, 11) is 0. The van der Waals surface area contributed by atoms with Crippen LogP contribution in [0.2, 0.25) is 0 Å². The van der Waals surface area contributed by atoms with Gasteiger partial charge >= 0.3 is 5.97 Å². The number of carboxylic acid groups (broad SMARTS) is 1. The van der Waals surface area contributed by atoms with Gasteiger partial charge in [0.25, 0.3) is 0 Å². The number of carbonyl (C=O) groups is 1. The van der Waals surface area contributed by atoms with Gasteiger partial charge < -0.3 is 10.4 Å². The quantitative estimate of drug-likeness (QED) is 0.836. The molecule has 4 nitrogen and oxygen atoms in total. The van der Waals surface area contributed by atoms with Crippen molar-refractivity contribution in [3.8, 4) is 6.07 Å². The van der Waals surface area contributed by atoms with Crippen molar-refractivity contribution in [2.75, 3.05) is 5.32 Å². The maximum absolute atomic E-state index is 10.8. The summed E-state index contributed by atoms with van der Waals surface area (Å²) in [4.78, 5) is 10.8. The number of rotatable bonds is 4.